The lowest BCUT2D eigenvalue weighted by atomic mass is 10.1. The summed E-state index contributed by atoms with van der Waals surface area (Å²) in [7, 11) is 3.07. The molecule has 0 bridgehead atoms. The van der Waals surface area contributed by atoms with Crippen molar-refractivity contribution in [3.63, 3.8) is 0 Å². The standard InChI is InChI=1S/C18H16O5/c1-10-7-12(19)16-14(8-10)23-15(17(16)20)9-11-5-4-6-13(21-2)18(11)22-3/h4-9,19H,1-3H3. The molecule has 5 nitrogen and oxygen atoms in total. The fraction of sp³-hybridized carbons (Fsp3) is 0.167. The molecule has 3 rings (SSSR count). The van der Waals surface area contributed by atoms with Crippen molar-refractivity contribution in [2.24, 2.45) is 0 Å². The van der Waals surface area contributed by atoms with E-state index >= 15 is 0 Å². The molecular weight excluding hydrogens is 296 g/mol. The number of phenolic OH excluding ortho intramolecular Hbond substituents is 1. The van der Waals surface area contributed by atoms with Crippen molar-refractivity contribution in [1.82, 2.24) is 0 Å². The Morgan fingerprint density at radius 3 is 2.65 bits per heavy atom. The minimum Gasteiger partial charge on any atom is -0.507 e. The lowest BCUT2D eigenvalue weighted by molar-refractivity contribution is 0.101. The number of phenols is 1. The molecule has 0 saturated carbocycles. The van der Waals surface area contributed by atoms with E-state index in [4.69, 9.17) is 14.2 Å². The number of hydrogen-bond donors (Lipinski definition) is 1. The number of aryl methyl sites for hydroxylation is 1. The fourth-order valence-electron chi connectivity index (χ4n) is 2.59. The smallest absolute Gasteiger partial charge is 0.235 e. The number of hydrogen-bond acceptors (Lipinski definition) is 5. The Labute approximate surface area is 133 Å². The van der Waals surface area contributed by atoms with Gasteiger partial charge in [0.25, 0.3) is 0 Å². The number of allylic oxidation sites excluding steroid dienone is 1. The highest BCUT2D eigenvalue weighted by atomic mass is 16.5. The molecule has 23 heavy (non-hydrogen) atoms. The van der Waals surface area contributed by atoms with Crippen LogP contribution >= 0.6 is 0 Å². The molecule has 0 spiro atoms. The Bertz CT molecular complexity index is 820. The predicted molar refractivity (Wildman–Crippen MR) is 85.3 cm³/mol. The van der Waals surface area contributed by atoms with Crippen LogP contribution in [0.5, 0.6) is 23.0 Å². The molecule has 0 saturated heterocycles. The first-order valence-electron chi connectivity index (χ1n) is 7.04. The van der Waals surface area contributed by atoms with Crippen LogP contribution in [0.25, 0.3) is 6.08 Å². The fourth-order valence-corrected chi connectivity index (χ4v) is 2.59. The topological polar surface area (TPSA) is 65.0 Å². The number of fused-ring (bicyclic) bond motifs is 1. The van der Waals surface area contributed by atoms with Crippen LogP contribution in [0.4, 0.5) is 0 Å². The first-order chi connectivity index (χ1) is 11.0. The number of aromatic hydroxyl groups is 1. The van der Waals surface area contributed by atoms with Crippen LogP contribution in [0, 0.1) is 6.92 Å². The molecular formula is C18H16O5. The molecule has 2 aromatic rings. The summed E-state index contributed by atoms with van der Waals surface area (Å²) in [6.07, 6.45) is 1.58. The monoisotopic (exact) mass is 312 g/mol. The van der Waals surface area contributed by atoms with E-state index in [0.717, 1.165) is 5.56 Å². The SMILES string of the molecule is COc1cccc(C=C2Oc3cc(C)cc(O)c3C2=O)c1OC. The van der Waals surface area contributed by atoms with Gasteiger partial charge in [-0.15, -0.1) is 0 Å². The molecule has 0 radical (unpaired) electrons. The molecule has 0 unspecified atom stereocenters. The van der Waals surface area contributed by atoms with Gasteiger partial charge in [-0.25, -0.2) is 0 Å². The van der Waals surface area contributed by atoms with Gasteiger partial charge in [-0.3, -0.25) is 4.79 Å². The molecule has 1 N–H and O–H groups in total. The van der Waals surface area contributed by atoms with Gasteiger partial charge in [0, 0.05) is 5.56 Å². The number of ketones is 1. The van der Waals surface area contributed by atoms with Crippen molar-refractivity contribution in [2.45, 2.75) is 6.92 Å². The van der Waals surface area contributed by atoms with Crippen LogP contribution < -0.4 is 14.2 Å². The van der Waals surface area contributed by atoms with Crippen molar-refractivity contribution >= 4 is 11.9 Å². The molecule has 2 aromatic carbocycles. The summed E-state index contributed by atoms with van der Waals surface area (Å²) < 4.78 is 16.2. The maximum Gasteiger partial charge on any atom is 0.235 e. The van der Waals surface area contributed by atoms with Crippen molar-refractivity contribution < 1.29 is 24.1 Å². The molecule has 1 aliphatic heterocycles. The van der Waals surface area contributed by atoms with Crippen LogP contribution in [0.3, 0.4) is 0 Å². The predicted octanol–water partition coefficient (Wildman–Crippen LogP) is 3.33. The lowest BCUT2D eigenvalue weighted by Crippen LogP contribution is -1.99. The van der Waals surface area contributed by atoms with Gasteiger partial charge in [0.2, 0.25) is 5.78 Å². The van der Waals surface area contributed by atoms with Crippen molar-refractivity contribution in [1.29, 1.82) is 0 Å². The van der Waals surface area contributed by atoms with E-state index in [-0.39, 0.29) is 22.9 Å². The van der Waals surface area contributed by atoms with Crippen LogP contribution in [-0.2, 0) is 0 Å². The van der Waals surface area contributed by atoms with E-state index < -0.39 is 0 Å². The molecule has 0 aromatic heterocycles. The van der Waals surface area contributed by atoms with Gasteiger partial charge in [-0.05, 0) is 36.8 Å². The van der Waals surface area contributed by atoms with Crippen molar-refractivity contribution in [3.8, 4) is 23.0 Å². The normalized spacial score (nSPS) is 14.6. The zero-order valence-corrected chi connectivity index (χ0v) is 13.0. The zero-order valence-electron chi connectivity index (χ0n) is 13.0. The summed E-state index contributed by atoms with van der Waals surface area (Å²) in [5.41, 5.74) is 1.65. The van der Waals surface area contributed by atoms with Gasteiger partial charge in [-0.2, -0.15) is 0 Å². The largest absolute Gasteiger partial charge is 0.507 e. The lowest BCUT2D eigenvalue weighted by Gasteiger charge is -2.10. The van der Waals surface area contributed by atoms with Crippen molar-refractivity contribution in [2.75, 3.05) is 14.2 Å². The number of methoxy groups -OCH3 is 2. The number of rotatable bonds is 3. The summed E-state index contributed by atoms with van der Waals surface area (Å²) >= 11 is 0. The Hall–Kier alpha value is -2.95. The number of para-hydroxylation sites is 1. The maximum atomic E-state index is 12.5. The Kier molecular flexibility index (Phi) is 3.70. The van der Waals surface area contributed by atoms with Gasteiger partial charge < -0.3 is 19.3 Å². The quantitative estimate of drug-likeness (QED) is 0.881. The van der Waals surface area contributed by atoms with E-state index in [1.807, 2.05) is 6.92 Å². The third kappa shape index (κ3) is 2.50. The highest BCUT2D eigenvalue weighted by Crippen LogP contribution is 2.40. The van der Waals surface area contributed by atoms with Crippen LogP contribution in [0.1, 0.15) is 21.5 Å². The molecule has 5 heteroatoms. The van der Waals surface area contributed by atoms with Gasteiger partial charge >= 0.3 is 0 Å². The van der Waals surface area contributed by atoms with E-state index in [1.54, 1.807) is 37.5 Å². The second kappa shape index (κ2) is 5.68. The third-order valence-corrected chi connectivity index (χ3v) is 3.62. The Morgan fingerprint density at radius 1 is 1.17 bits per heavy atom. The first-order valence-corrected chi connectivity index (χ1v) is 7.04. The molecule has 118 valence electrons. The second-order valence-corrected chi connectivity index (χ2v) is 5.18. The zero-order chi connectivity index (χ0) is 16.6. The molecule has 0 fully saturated rings. The van der Waals surface area contributed by atoms with E-state index in [9.17, 15) is 9.90 Å². The van der Waals surface area contributed by atoms with Crippen molar-refractivity contribution in [3.05, 3.63) is 52.8 Å². The van der Waals surface area contributed by atoms with Crippen LogP contribution in [0.2, 0.25) is 0 Å². The Morgan fingerprint density at radius 2 is 1.96 bits per heavy atom. The van der Waals surface area contributed by atoms with E-state index in [0.29, 0.717) is 22.8 Å². The molecule has 0 amide bonds. The van der Waals surface area contributed by atoms with E-state index in [2.05, 4.69) is 0 Å². The summed E-state index contributed by atoms with van der Waals surface area (Å²) in [6, 6.07) is 8.61. The first kappa shape index (κ1) is 15.0. The minimum absolute atomic E-state index is 0.0778. The number of Topliss-reactive ketones (excluding diaryl/α,β-unsaturated/α-hetero) is 1. The van der Waals surface area contributed by atoms with Gasteiger partial charge in [-0.1, -0.05) is 12.1 Å². The Balaban J connectivity index is 2.07. The summed E-state index contributed by atoms with van der Waals surface area (Å²) in [5, 5.41) is 9.98. The summed E-state index contributed by atoms with van der Waals surface area (Å²) in [6.45, 7) is 1.82. The molecule has 0 aliphatic carbocycles. The van der Waals surface area contributed by atoms with Crippen LogP contribution in [0.15, 0.2) is 36.1 Å². The summed E-state index contributed by atoms with van der Waals surface area (Å²) in [5.74, 6) is 1.13. The van der Waals surface area contributed by atoms with E-state index in [1.165, 1.54) is 13.2 Å². The third-order valence-electron chi connectivity index (χ3n) is 3.62. The van der Waals surface area contributed by atoms with Gasteiger partial charge in [0.15, 0.2) is 17.3 Å². The number of carbonyl (C=O) groups excluding carboxylic acids is 1. The molecule has 0 atom stereocenters. The maximum absolute atomic E-state index is 12.5. The highest BCUT2D eigenvalue weighted by Gasteiger charge is 2.31. The molecule has 1 heterocycles. The number of benzene rings is 2. The molecule has 1 aliphatic rings. The second-order valence-electron chi connectivity index (χ2n) is 5.18. The van der Waals surface area contributed by atoms with Gasteiger partial charge in [0.05, 0.1) is 14.2 Å². The average Bonchev–Trinajstić information content (AvgIpc) is 2.83. The van der Waals surface area contributed by atoms with Gasteiger partial charge in [0.1, 0.15) is 17.1 Å². The number of carbonyl (C=O) groups is 1. The highest BCUT2D eigenvalue weighted by molar-refractivity contribution is 6.16. The van der Waals surface area contributed by atoms with Crippen LogP contribution in [-0.4, -0.2) is 25.1 Å². The minimum atomic E-state index is -0.359. The summed E-state index contributed by atoms with van der Waals surface area (Å²) in [4.78, 5) is 12.5. The average molecular weight is 312 g/mol. The number of ether oxygens (including phenoxy) is 3.